The Hall–Kier alpha value is -0.940. The number of anilines is 1. The summed E-state index contributed by atoms with van der Waals surface area (Å²) < 4.78 is 14.3. The van der Waals surface area contributed by atoms with E-state index in [0.717, 1.165) is 19.4 Å². The highest BCUT2D eigenvalue weighted by Crippen LogP contribution is 2.31. The minimum absolute atomic E-state index is 0.101. The molecular formula is C13H16BrFN2O. The molecule has 1 aliphatic rings. The summed E-state index contributed by atoms with van der Waals surface area (Å²) >= 11 is 3.19. The van der Waals surface area contributed by atoms with Crippen molar-refractivity contribution in [2.75, 3.05) is 18.4 Å². The van der Waals surface area contributed by atoms with Crippen LogP contribution in [-0.4, -0.2) is 19.0 Å². The van der Waals surface area contributed by atoms with Crippen LogP contribution in [0.5, 0.6) is 0 Å². The zero-order valence-corrected chi connectivity index (χ0v) is 11.8. The van der Waals surface area contributed by atoms with E-state index >= 15 is 0 Å². The quantitative estimate of drug-likeness (QED) is 0.900. The van der Waals surface area contributed by atoms with Gasteiger partial charge >= 0.3 is 0 Å². The lowest BCUT2D eigenvalue weighted by Gasteiger charge is -2.25. The van der Waals surface area contributed by atoms with Crippen molar-refractivity contribution in [2.24, 2.45) is 5.41 Å². The molecule has 1 saturated heterocycles. The lowest BCUT2D eigenvalue weighted by Crippen LogP contribution is -2.37. The van der Waals surface area contributed by atoms with Gasteiger partial charge in [-0.15, -0.1) is 0 Å². The molecule has 1 fully saturated rings. The van der Waals surface area contributed by atoms with E-state index in [2.05, 4.69) is 26.6 Å². The molecule has 0 aliphatic carbocycles. The van der Waals surface area contributed by atoms with Crippen LogP contribution < -0.4 is 10.6 Å². The van der Waals surface area contributed by atoms with E-state index in [9.17, 15) is 9.18 Å². The van der Waals surface area contributed by atoms with Gasteiger partial charge in [-0.05, 0) is 37.6 Å². The SMILES string of the molecule is CCC1(C(=O)Nc2ccc(Br)cc2F)CCNC1. The summed E-state index contributed by atoms with van der Waals surface area (Å²) in [4.78, 5) is 12.3. The minimum Gasteiger partial charge on any atom is -0.323 e. The van der Waals surface area contributed by atoms with E-state index in [4.69, 9.17) is 0 Å². The van der Waals surface area contributed by atoms with Gasteiger partial charge in [0.05, 0.1) is 11.1 Å². The monoisotopic (exact) mass is 314 g/mol. The fraction of sp³-hybridized carbons (Fsp3) is 0.462. The Morgan fingerprint density at radius 1 is 1.61 bits per heavy atom. The summed E-state index contributed by atoms with van der Waals surface area (Å²) in [6, 6.07) is 4.63. The standard InChI is InChI=1S/C13H16BrFN2O/c1-2-13(5-6-16-8-13)12(18)17-11-4-3-9(14)7-10(11)15/h3-4,7,16H,2,5-6,8H2,1H3,(H,17,18). The van der Waals surface area contributed by atoms with Crippen molar-refractivity contribution in [2.45, 2.75) is 19.8 Å². The van der Waals surface area contributed by atoms with E-state index in [-0.39, 0.29) is 11.6 Å². The number of carbonyl (C=O) groups excluding carboxylic acids is 1. The third-order valence-corrected chi connectivity index (χ3v) is 4.07. The number of benzene rings is 1. The van der Waals surface area contributed by atoms with Crippen LogP contribution in [0.4, 0.5) is 10.1 Å². The second kappa shape index (κ2) is 5.36. The second-order valence-corrected chi connectivity index (χ2v) is 5.55. The van der Waals surface area contributed by atoms with Gasteiger partial charge in [0.1, 0.15) is 5.82 Å². The number of halogens is 2. The molecule has 0 radical (unpaired) electrons. The largest absolute Gasteiger partial charge is 0.323 e. The van der Waals surface area contributed by atoms with Crippen LogP contribution in [0, 0.1) is 11.2 Å². The normalized spacial score (nSPS) is 23.1. The first-order valence-corrected chi connectivity index (χ1v) is 6.84. The van der Waals surface area contributed by atoms with Crippen LogP contribution >= 0.6 is 15.9 Å². The Labute approximate surface area is 114 Å². The molecular weight excluding hydrogens is 299 g/mol. The van der Waals surface area contributed by atoms with Crippen LogP contribution in [0.3, 0.4) is 0 Å². The van der Waals surface area contributed by atoms with Gasteiger partial charge in [0.2, 0.25) is 5.91 Å². The zero-order chi connectivity index (χ0) is 13.2. The van der Waals surface area contributed by atoms with Crippen molar-refractivity contribution in [3.05, 3.63) is 28.5 Å². The Morgan fingerprint density at radius 2 is 2.39 bits per heavy atom. The Balaban J connectivity index is 2.15. The molecule has 0 bridgehead atoms. The summed E-state index contributed by atoms with van der Waals surface area (Å²) in [6.07, 6.45) is 1.55. The predicted molar refractivity (Wildman–Crippen MR) is 72.9 cm³/mol. The van der Waals surface area contributed by atoms with Gasteiger partial charge in [0.25, 0.3) is 0 Å². The second-order valence-electron chi connectivity index (χ2n) is 4.64. The molecule has 1 aromatic rings. The summed E-state index contributed by atoms with van der Waals surface area (Å²) in [5.41, 5.74) is -0.164. The van der Waals surface area contributed by atoms with Crippen LogP contribution in [-0.2, 0) is 4.79 Å². The van der Waals surface area contributed by atoms with Crippen molar-refractivity contribution >= 4 is 27.5 Å². The lowest BCUT2D eigenvalue weighted by atomic mass is 9.83. The molecule has 1 aliphatic heterocycles. The Bertz CT molecular complexity index is 458. The molecule has 1 atom stereocenters. The fourth-order valence-electron chi connectivity index (χ4n) is 2.25. The first kappa shape index (κ1) is 13.5. The summed E-state index contributed by atoms with van der Waals surface area (Å²) in [5, 5.41) is 5.89. The molecule has 1 heterocycles. The van der Waals surface area contributed by atoms with Crippen LogP contribution in [0.2, 0.25) is 0 Å². The summed E-state index contributed by atoms with van der Waals surface area (Å²) in [7, 11) is 0. The van der Waals surface area contributed by atoms with E-state index in [1.54, 1.807) is 12.1 Å². The Kier molecular flexibility index (Phi) is 4.02. The minimum atomic E-state index is -0.421. The molecule has 1 amide bonds. The lowest BCUT2D eigenvalue weighted by molar-refractivity contribution is -0.124. The highest BCUT2D eigenvalue weighted by molar-refractivity contribution is 9.10. The van der Waals surface area contributed by atoms with Crippen molar-refractivity contribution in [1.82, 2.24) is 5.32 Å². The molecule has 2 N–H and O–H groups in total. The van der Waals surface area contributed by atoms with E-state index in [0.29, 0.717) is 11.0 Å². The maximum absolute atomic E-state index is 13.7. The van der Waals surface area contributed by atoms with Crippen molar-refractivity contribution in [3.63, 3.8) is 0 Å². The van der Waals surface area contributed by atoms with Gasteiger partial charge in [-0.2, -0.15) is 0 Å². The van der Waals surface area contributed by atoms with Crippen LogP contribution in [0.25, 0.3) is 0 Å². The van der Waals surface area contributed by atoms with Gasteiger partial charge in [-0.25, -0.2) is 4.39 Å². The predicted octanol–water partition coefficient (Wildman–Crippen LogP) is 2.92. The zero-order valence-electron chi connectivity index (χ0n) is 10.2. The number of nitrogens with one attached hydrogen (secondary N) is 2. The topological polar surface area (TPSA) is 41.1 Å². The average molecular weight is 315 g/mol. The molecule has 98 valence electrons. The van der Waals surface area contributed by atoms with Gasteiger partial charge in [-0.1, -0.05) is 22.9 Å². The number of carbonyl (C=O) groups is 1. The molecule has 0 saturated carbocycles. The van der Waals surface area contributed by atoms with Crippen molar-refractivity contribution in [3.8, 4) is 0 Å². The highest BCUT2D eigenvalue weighted by Gasteiger charge is 2.39. The van der Waals surface area contributed by atoms with E-state index in [1.165, 1.54) is 6.07 Å². The molecule has 2 rings (SSSR count). The number of hydrogen-bond acceptors (Lipinski definition) is 2. The first-order valence-electron chi connectivity index (χ1n) is 6.04. The molecule has 3 nitrogen and oxygen atoms in total. The Morgan fingerprint density at radius 3 is 2.94 bits per heavy atom. The first-order chi connectivity index (χ1) is 8.57. The highest BCUT2D eigenvalue weighted by atomic mass is 79.9. The maximum atomic E-state index is 13.7. The number of rotatable bonds is 3. The van der Waals surface area contributed by atoms with Crippen molar-refractivity contribution in [1.29, 1.82) is 0 Å². The molecule has 18 heavy (non-hydrogen) atoms. The van der Waals surface area contributed by atoms with Gasteiger partial charge < -0.3 is 10.6 Å². The van der Waals surface area contributed by atoms with Gasteiger partial charge in [0, 0.05) is 11.0 Å². The van der Waals surface area contributed by atoms with Gasteiger partial charge in [0.15, 0.2) is 0 Å². The molecule has 5 heteroatoms. The third-order valence-electron chi connectivity index (χ3n) is 3.58. The van der Waals surface area contributed by atoms with E-state index < -0.39 is 11.2 Å². The van der Waals surface area contributed by atoms with Crippen molar-refractivity contribution < 1.29 is 9.18 Å². The smallest absolute Gasteiger partial charge is 0.231 e. The van der Waals surface area contributed by atoms with Crippen LogP contribution in [0.1, 0.15) is 19.8 Å². The summed E-state index contributed by atoms with van der Waals surface area (Å²) in [5.74, 6) is -0.522. The number of amides is 1. The maximum Gasteiger partial charge on any atom is 0.231 e. The molecule has 0 aromatic heterocycles. The average Bonchev–Trinajstić information content (AvgIpc) is 2.82. The molecule has 0 spiro atoms. The van der Waals surface area contributed by atoms with Crippen LogP contribution in [0.15, 0.2) is 22.7 Å². The third kappa shape index (κ3) is 2.57. The number of hydrogen-bond donors (Lipinski definition) is 2. The van der Waals surface area contributed by atoms with E-state index in [1.807, 2.05) is 6.92 Å². The van der Waals surface area contributed by atoms with Gasteiger partial charge in [-0.3, -0.25) is 4.79 Å². The summed E-state index contributed by atoms with van der Waals surface area (Å²) in [6.45, 7) is 3.49. The molecule has 1 aromatic carbocycles. The fourth-order valence-corrected chi connectivity index (χ4v) is 2.58. The molecule has 1 unspecified atom stereocenters.